The fraction of sp³-hybridized carbons (Fsp3) is 0.647. The van der Waals surface area contributed by atoms with Crippen molar-refractivity contribution in [2.24, 2.45) is 5.92 Å². The molecule has 0 spiro atoms. The lowest BCUT2D eigenvalue weighted by Crippen LogP contribution is -2.36. The minimum atomic E-state index is -4.59. The highest BCUT2D eigenvalue weighted by atomic mass is 32.1. The molecule has 1 aliphatic carbocycles. The SMILES string of the molecule is O=c1cc(C(F)(F)F)ncn1CC1CCN(Cc2nnc(C3CC3)s2)CC1. The number of rotatable bonds is 5. The number of halogens is 3. The van der Waals surface area contributed by atoms with Crippen molar-refractivity contribution in [1.82, 2.24) is 24.6 Å². The lowest BCUT2D eigenvalue weighted by atomic mass is 9.97. The van der Waals surface area contributed by atoms with Gasteiger partial charge in [-0.2, -0.15) is 13.2 Å². The van der Waals surface area contributed by atoms with E-state index in [2.05, 4.69) is 20.1 Å². The van der Waals surface area contributed by atoms with Crippen molar-refractivity contribution in [1.29, 1.82) is 0 Å². The predicted octanol–water partition coefficient (Wildman–Crippen LogP) is 2.90. The zero-order chi connectivity index (χ0) is 19.0. The van der Waals surface area contributed by atoms with Crippen LogP contribution in [-0.2, 0) is 19.3 Å². The van der Waals surface area contributed by atoms with Gasteiger partial charge in [0, 0.05) is 18.5 Å². The van der Waals surface area contributed by atoms with Crippen LogP contribution in [0.5, 0.6) is 0 Å². The summed E-state index contributed by atoms with van der Waals surface area (Å²) in [4.78, 5) is 17.6. The van der Waals surface area contributed by atoms with Gasteiger partial charge in [0.2, 0.25) is 0 Å². The Morgan fingerprint density at radius 3 is 2.52 bits per heavy atom. The molecule has 4 rings (SSSR count). The maximum Gasteiger partial charge on any atom is 0.433 e. The molecule has 0 N–H and O–H groups in total. The number of hydrogen-bond donors (Lipinski definition) is 0. The highest BCUT2D eigenvalue weighted by Gasteiger charge is 2.33. The van der Waals surface area contributed by atoms with Gasteiger partial charge in [-0.1, -0.05) is 11.3 Å². The standard InChI is InChI=1S/C17H20F3N5OS/c18-17(19,20)13-7-15(26)25(10-21-13)8-11-3-5-24(6-4-11)9-14-22-23-16(27-14)12-1-2-12/h7,10-12H,1-6,8-9H2. The summed E-state index contributed by atoms with van der Waals surface area (Å²) < 4.78 is 39.1. The molecule has 1 saturated heterocycles. The maximum absolute atomic E-state index is 12.6. The van der Waals surface area contributed by atoms with E-state index in [1.807, 2.05) is 0 Å². The second-order valence-electron chi connectivity index (χ2n) is 7.29. The fourth-order valence-corrected chi connectivity index (χ4v) is 4.39. The normalized spacial score (nSPS) is 19.5. The molecule has 27 heavy (non-hydrogen) atoms. The molecule has 2 aromatic heterocycles. The van der Waals surface area contributed by atoms with Gasteiger partial charge in [0.25, 0.3) is 5.56 Å². The van der Waals surface area contributed by atoms with Crippen molar-refractivity contribution in [2.75, 3.05) is 13.1 Å². The van der Waals surface area contributed by atoms with Crippen LogP contribution < -0.4 is 5.56 Å². The Morgan fingerprint density at radius 2 is 1.89 bits per heavy atom. The van der Waals surface area contributed by atoms with Crippen LogP contribution >= 0.6 is 11.3 Å². The van der Waals surface area contributed by atoms with E-state index in [0.29, 0.717) is 18.5 Å². The number of hydrogen-bond acceptors (Lipinski definition) is 6. The van der Waals surface area contributed by atoms with E-state index in [-0.39, 0.29) is 5.92 Å². The molecule has 6 nitrogen and oxygen atoms in total. The summed E-state index contributed by atoms with van der Waals surface area (Å²) in [5.41, 5.74) is -1.79. The molecular formula is C17H20F3N5OS. The summed E-state index contributed by atoms with van der Waals surface area (Å²) in [6, 6.07) is 0.571. The Bertz CT molecular complexity index is 853. The first-order valence-corrected chi connectivity index (χ1v) is 9.88. The molecule has 146 valence electrons. The van der Waals surface area contributed by atoms with Crippen LogP contribution in [-0.4, -0.2) is 37.7 Å². The second kappa shape index (κ2) is 7.31. The van der Waals surface area contributed by atoms with Crippen molar-refractivity contribution in [3.8, 4) is 0 Å². The highest BCUT2D eigenvalue weighted by molar-refractivity contribution is 7.11. The molecule has 0 bridgehead atoms. The summed E-state index contributed by atoms with van der Waals surface area (Å²) in [5.74, 6) is 0.881. The third-order valence-electron chi connectivity index (χ3n) is 5.10. The Morgan fingerprint density at radius 1 is 1.15 bits per heavy atom. The quantitative estimate of drug-likeness (QED) is 0.774. The van der Waals surface area contributed by atoms with Crippen molar-refractivity contribution in [3.63, 3.8) is 0 Å². The van der Waals surface area contributed by atoms with Crippen LogP contribution in [0.3, 0.4) is 0 Å². The molecule has 0 radical (unpaired) electrons. The smallest absolute Gasteiger partial charge is 0.299 e. The topological polar surface area (TPSA) is 63.9 Å². The van der Waals surface area contributed by atoms with Crippen molar-refractivity contribution < 1.29 is 13.2 Å². The molecule has 2 aromatic rings. The summed E-state index contributed by atoms with van der Waals surface area (Å²) >= 11 is 1.70. The van der Waals surface area contributed by atoms with Gasteiger partial charge >= 0.3 is 6.18 Å². The predicted molar refractivity (Wildman–Crippen MR) is 93.4 cm³/mol. The van der Waals surface area contributed by atoms with Crippen molar-refractivity contribution in [3.05, 3.63) is 38.5 Å². The molecule has 1 saturated carbocycles. The molecule has 0 atom stereocenters. The third-order valence-corrected chi connectivity index (χ3v) is 6.17. The lowest BCUT2D eigenvalue weighted by molar-refractivity contribution is -0.141. The van der Waals surface area contributed by atoms with Crippen molar-refractivity contribution in [2.45, 2.75) is 50.9 Å². The van der Waals surface area contributed by atoms with Gasteiger partial charge in [-0.05, 0) is 44.7 Å². The van der Waals surface area contributed by atoms with E-state index in [1.54, 1.807) is 11.3 Å². The second-order valence-corrected chi connectivity index (χ2v) is 8.38. The van der Waals surface area contributed by atoms with Crippen molar-refractivity contribution >= 4 is 11.3 Å². The summed E-state index contributed by atoms with van der Waals surface area (Å²) in [7, 11) is 0. The molecule has 2 aliphatic rings. The lowest BCUT2D eigenvalue weighted by Gasteiger charge is -2.31. The average molecular weight is 399 g/mol. The van der Waals surface area contributed by atoms with Gasteiger partial charge in [0.1, 0.15) is 10.0 Å². The van der Waals surface area contributed by atoms with Crippen LogP contribution in [0.25, 0.3) is 0 Å². The molecule has 0 aromatic carbocycles. The zero-order valence-corrected chi connectivity index (χ0v) is 15.5. The minimum Gasteiger partial charge on any atom is -0.299 e. The maximum atomic E-state index is 12.6. The van der Waals surface area contributed by atoms with Crippen LogP contribution in [0.1, 0.15) is 47.3 Å². The van der Waals surface area contributed by atoms with E-state index >= 15 is 0 Å². The Hall–Kier alpha value is -1.81. The van der Waals surface area contributed by atoms with E-state index in [9.17, 15) is 18.0 Å². The first-order chi connectivity index (χ1) is 12.9. The van der Waals surface area contributed by atoms with E-state index in [4.69, 9.17) is 0 Å². The van der Waals surface area contributed by atoms with Gasteiger partial charge < -0.3 is 0 Å². The van der Waals surface area contributed by atoms with Gasteiger partial charge in [0.05, 0.1) is 12.9 Å². The first-order valence-electron chi connectivity index (χ1n) is 9.07. The number of alkyl halides is 3. The monoisotopic (exact) mass is 399 g/mol. The molecule has 3 heterocycles. The Labute approximate surface area is 158 Å². The minimum absolute atomic E-state index is 0.258. The molecule has 0 unspecified atom stereocenters. The first kappa shape index (κ1) is 18.5. The van der Waals surface area contributed by atoms with E-state index in [0.717, 1.165) is 48.8 Å². The molecule has 1 aliphatic heterocycles. The van der Waals surface area contributed by atoms with E-state index < -0.39 is 17.4 Å². The zero-order valence-electron chi connectivity index (χ0n) is 14.7. The highest BCUT2D eigenvalue weighted by Crippen LogP contribution is 2.41. The van der Waals surface area contributed by atoms with Crippen LogP contribution in [0, 0.1) is 5.92 Å². The molecule has 2 fully saturated rings. The van der Waals surface area contributed by atoms with Gasteiger partial charge in [0.15, 0.2) is 5.69 Å². The third kappa shape index (κ3) is 4.55. The van der Waals surface area contributed by atoms with Crippen LogP contribution in [0.2, 0.25) is 0 Å². The summed E-state index contributed by atoms with van der Waals surface area (Å²) in [6.07, 6.45) is 0.645. The fourth-order valence-electron chi connectivity index (χ4n) is 3.34. The van der Waals surface area contributed by atoms with Gasteiger partial charge in [-0.3, -0.25) is 14.3 Å². The number of aromatic nitrogens is 4. The molecule has 0 amide bonds. The average Bonchev–Trinajstić information content (AvgIpc) is 3.37. The number of nitrogens with zero attached hydrogens (tertiary/aromatic N) is 5. The molecule has 10 heteroatoms. The largest absolute Gasteiger partial charge is 0.433 e. The van der Waals surface area contributed by atoms with E-state index in [1.165, 1.54) is 17.4 Å². The van der Waals surface area contributed by atoms with Gasteiger partial charge in [-0.25, -0.2) is 4.98 Å². The summed E-state index contributed by atoms with van der Waals surface area (Å²) in [6.45, 7) is 2.96. The number of likely N-dealkylation sites (tertiary alicyclic amines) is 1. The van der Waals surface area contributed by atoms with Gasteiger partial charge in [-0.15, -0.1) is 10.2 Å². The Balaban J connectivity index is 1.29. The molecular weight excluding hydrogens is 379 g/mol. The Kier molecular flexibility index (Phi) is 5.02. The number of piperidine rings is 1. The van der Waals surface area contributed by atoms with Crippen LogP contribution in [0.15, 0.2) is 17.2 Å². The van der Waals surface area contributed by atoms with Crippen LogP contribution in [0.4, 0.5) is 13.2 Å². The summed E-state index contributed by atoms with van der Waals surface area (Å²) in [5, 5.41) is 10.7.